The largest absolute Gasteiger partial charge is 0.493 e. The molecule has 8 heteroatoms. The minimum atomic E-state index is -2.87. The van der Waals surface area contributed by atoms with Crippen molar-refractivity contribution in [1.29, 1.82) is 0 Å². The van der Waals surface area contributed by atoms with Gasteiger partial charge in [-0.2, -0.15) is 8.78 Å². The summed E-state index contributed by atoms with van der Waals surface area (Å²) in [7, 11) is 3.25. The highest BCUT2D eigenvalue weighted by Crippen LogP contribution is 2.36. The first-order valence-electron chi connectivity index (χ1n) is 9.68. The third-order valence-electron chi connectivity index (χ3n) is 5.63. The lowest BCUT2D eigenvalue weighted by Crippen LogP contribution is -2.41. The van der Waals surface area contributed by atoms with E-state index in [2.05, 4.69) is 19.9 Å². The van der Waals surface area contributed by atoms with Crippen LogP contribution in [0, 0.1) is 11.8 Å². The van der Waals surface area contributed by atoms with Crippen LogP contribution in [0.3, 0.4) is 0 Å². The van der Waals surface area contributed by atoms with Crippen molar-refractivity contribution in [3.63, 3.8) is 0 Å². The molecule has 0 amide bonds. The molecule has 1 aliphatic carbocycles. The molecule has 2 atom stereocenters. The van der Waals surface area contributed by atoms with Gasteiger partial charge in [0.25, 0.3) is 0 Å². The molecule has 1 N–H and O–H groups in total. The monoisotopic (exact) mass is 509 g/mol. The number of likely N-dealkylation sites (tertiary alicyclic amines) is 1. The van der Waals surface area contributed by atoms with Crippen LogP contribution in [0.1, 0.15) is 31.2 Å². The summed E-state index contributed by atoms with van der Waals surface area (Å²) in [4.78, 5) is 6.79. The van der Waals surface area contributed by atoms with E-state index in [9.17, 15) is 8.78 Å². The minimum absolute atomic E-state index is 0. The lowest BCUT2D eigenvalue weighted by atomic mass is 9.82. The van der Waals surface area contributed by atoms with Crippen LogP contribution in [0.4, 0.5) is 8.78 Å². The van der Waals surface area contributed by atoms with Gasteiger partial charge in [-0.1, -0.05) is 18.9 Å². The fourth-order valence-corrected chi connectivity index (χ4v) is 4.29. The van der Waals surface area contributed by atoms with Gasteiger partial charge in [-0.3, -0.25) is 4.99 Å². The Balaban J connectivity index is 0.00000280. The van der Waals surface area contributed by atoms with Crippen molar-refractivity contribution in [3.8, 4) is 11.5 Å². The zero-order chi connectivity index (χ0) is 19.2. The lowest BCUT2D eigenvalue weighted by molar-refractivity contribution is -0.0512. The third kappa shape index (κ3) is 5.84. The first-order valence-corrected chi connectivity index (χ1v) is 9.68. The summed E-state index contributed by atoms with van der Waals surface area (Å²) >= 11 is 0. The average molecular weight is 509 g/mol. The Labute approximate surface area is 182 Å². The van der Waals surface area contributed by atoms with Crippen LogP contribution in [0.15, 0.2) is 23.2 Å². The van der Waals surface area contributed by atoms with Gasteiger partial charge in [-0.15, -0.1) is 24.0 Å². The van der Waals surface area contributed by atoms with Crippen molar-refractivity contribution in [2.75, 3.05) is 33.8 Å². The number of nitrogens with one attached hydrogen (secondary N) is 1. The number of rotatable bonds is 6. The van der Waals surface area contributed by atoms with E-state index in [-0.39, 0.29) is 29.7 Å². The fourth-order valence-electron chi connectivity index (χ4n) is 4.29. The van der Waals surface area contributed by atoms with Crippen LogP contribution in [0.5, 0.6) is 11.5 Å². The van der Waals surface area contributed by atoms with E-state index in [4.69, 9.17) is 4.74 Å². The Hall–Kier alpha value is -1.32. The van der Waals surface area contributed by atoms with Crippen LogP contribution in [-0.2, 0) is 6.42 Å². The predicted octanol–water partition coefficient (Wildman–Crippen LogP) is 4.15. The van der Waals surface area contributed by atoms with Gasteiger partial charge in [0, 0.05) is 26.7 Å². The number of hydrogen-bond donors (Lipinski definition) is 1. The highest BCUT2D eigenvalue weighted by Gasteiger charge is 2.35. The van der Waals surface area contributed by atoms with Gasteiger partial charge in [0.15, 0.2) is 17.5 Å². The number of alkyl halides is 2. The summed E-state index contributed by atoms with van der Waals surface area (Å²) < 4.78 is 34.7. The highest BCUT2D eigenvalue weighted by atomic mass is 127. The minimum Gasteiger partial charge on any atom is -0.493 e. The maximum Gasteiger partial charge on any atom is 0.387 e. The number of guanidine groups is 1. The first kappa shape index (κ1) is 23.0. The summed E-state index contributed by atoms with van der Waals surface area (Å²) in [5.41, 5.74) is 0.907. The topological polar surface area (TPSA) is 46.1 Å². The first-order chi connectivity index (χ1) is 13.1. The molecule has 1 saturated heterocycles. The van der Waals surface area contributed by atoms with E-state index < -0.39 is 6.61 Å². The second-order valence-corrected chi connectivity index (χ2v) is 7.30. The van der Waals surface area contributed by atoms with Gasteiger partial charge in [0.1, 0.15) is 0 Å². The number of hydrogen-bond acceptors (Lipinski definition) is 3. The number of methoxy groups -OCH3 is 1. The maximum absolute atomic E-state index is 12.6. The maximum atomic E-state index is 12.6. The molecule has 2 aliphatic rings. The lowest BCUT2D eigenvalue weighted by Gasteiger charge is -2.22. The molecule has 28 heavy (non-hydrogen) atoms. The summed E-state index contributed by atoms with van der Waals surface area (Å²) in [5, 5.41) is 3.41. The van der Waals surface area contributed by atoms with E-state index >= 15 is 0 Å². The van der Waals surface area contributed by atoms with E-state index in [0.29, 0.717) is 18.7 Å². The van der Waals surface area contributed by atoms with Crippen LogP contribution in [0.2, 0.25) is 0 Å². The molecule has 2 unspecified atom stereocenters. The van der Waals surface area contributed by atoms with Crippen LogP contribution < -0.4 is 14.8 Å². The van der Waals surface area contributed by atoms with Crippen LogP contribution in [-0.4, -0.2) is 51.3 Å². The van der Waals surface area contributed by atoms with E-state index in [1.807, 2.05) is 13.1 Å². The Morgan fingerprint density at radius 1 is 1.21 bits per heavy atom. The Kier molecular flexibility index (Phi) is 9.04. The van der Waals surface area contributed by atoms with Crippen LogP contribution in [0.25, 0.3) is 0 Å². The smallest absolute Gasteiger partial charge is 0.387 e. The molecule has 0 spiro atoms. The average Bonchev–Trinajstić information content (AvgIpc) is 3.09. The number of ether oxygens (including phenoxy) is 2. The van der Waals surface area contributed by atoms with Gasteiger partial charge < -0.3 is 19.7 Å². The number of aliphatic imine (C=N–C) groups is 1. The van der Waals surface area contributed by atoms with E-state index in [1.54, 1.807) is 12.1 Å². The molecular weight excluding hydrogens is 479 g/mol. The molecule has 0 bridgehead atoms. The summed E-state index contributed by atoms with van der Waals surface area (Å²) in [6.45, 7) is -0.0259. The second kappa shape index (κ2) is 11.0. The van der Waals surface area contributed by atoms with Gasteiger partial charge in [0.2, 0.25) is 0 Å². The highest BCUT2D eigenvalue weighted by molar-refractivity contribution is 14.0. The second-order valence-electron chi connectivity index (χ2n) is 7.30. The standard InChI is InChI=1S/C20H29F2N3O2.HI/c1-23-20(25-12-15-5-3-4-6-16(15)13-25)24-10-9-14-7-8-17(26-2)18(11-14)27-19(21)22;/h7-8,11,15-16,19H,3-6,9-10,12-13H2,1-2H3,(H,23,24);1H. The number of halogens is 3. The zero-order valence-electron chi connectivity index (χ0n) is 16.5. The van der Waals surface area contributed by atoms with Gasteiger partial charge >= 0.3 is 6.61 Å². The van der Waals surface area contributed by atoms with Gasteiger partial charge in [-0.05, 0) is 48.8 Å². The van der Waals surface area contributed by atoms with E-state index in [0.717, 1.165) is 36.4 Å². The van der Waals surface area contributed by atoms with Crippen molar-refractivity contribution in [2.24, 2.45) is 16.8 Å². The molecule has 5 nitrogen and oxygen atoms in total. The van der Waals surface area contributed by atoms with E-state index in [1.165, 1.54) is 32.8 Å². The number of fused-ring (bicyclic) bond motifs is 1. The molecule has 0 aromatic heterocycles. The zero-order valence-corrected chi connectivity index (χ0v) is 18.8. The predicted molar refractivity (Wildman–Crippen MR) is 117 cm³/mol. The molecule has 1 aliphatic heterocycles. The van der Waals surface area contributed by atoms with Crippen molar-refractivity contribution in [3.05, 3.63) is 23.8 Å². The third-order valence-corrected chi connectivity index (χ3v) is 5.63. The molecular formula is C20H30F2IN3O2. The molecule has 1 saturated carbocycles. The molecule has 158 valence electrons. The number of nitrogens with zero attached hydrogens (tertiary/aromatic N) is 2. The Bertz CT molecular complexity index is 646. The quantitative estimate of drug-likeness (QED) is 0.356. The Morgan fingerprint density at radius 3 is 2.46 bits per heavy atom. The summed E-state index contributed by atoms with van der Waals surface area (Å²) in [5.74, 6) is 2.91. The summed E-state index contributed by atoms with van der Waals surface area (Å²) in [6.07, 6.45) is 6.04. The van der Waals surface area contributed by atoms with Crippen molar-refractivity contribution < 1.29 is 18.3 Å². The van der Waals surface area contributed by atoms with Crippen molar-refractivity contribution >= 4 is 29.9 Å². The van der Waals surface area contributed by atoms with Gasteiger partial charge in [0.05, 0.1) is 7.11 Å². The van der Waals surface area contributed by atoms with Gasteiger partial charge in [-0.25, -0.2) is 0 Å². The molecule has 1 aromatic carbocycles. The molecule has 1 aromatic rings. The number of benzene rings is 1. The SMILES string of the molecule is CN=C(NCCc1ccc(OC)c(OC(F)F)c1)N1CC2CCCCC2C1.I. The fraction of sp³-hybridized carbons (Fsp3) is 0.650. The Morgan fingerprint density at radius 2 is 1.89 bits per heavy atom. The van der Waals surface area contributed by atoms with Crippen molar-refractivity contribution in [2.45, 2.75) is 38.7 Å². The molecule has 1 heterocycles. The molecule has 0 radical (unpaired) electrons. The normalized spacial score (nSPS) is 21.9. The van der Waals surface area contributed by atoms with Crippen molar-refractivity contribution in [1.82, 2.24) is 10.2 Å². The molecule has 3 rings (SSSR count). The summed E-state index contributed by atoms with van der Waals surface area (Å²) in [6, 6.07) is 5.14. The molecule has 2 fully saturated rings. The van der Waals surface area contributed by atoms with Crippen LogP contribution >= 0.6 is 24.0 Å².